The molecular weight excluding hydrogens is 244 g/mol. The molecule has 0 heterocycles. The van der Waals surface area contributed by atoms with Gasteiger partial charge in [-0.2, -0.15) is 0 Å². The third kappa shape index (κ3) is 2.66. The lowest BCUT2D eigenvalue weighted by atomic mass is 9.86. The molecule has 0 bridgehead atoms. The van der Waals surface area contributed by atoms with Crippen molar-refractivity contribution < 1.29 is 0 Å². The Morgan fingerprint density at radius 1 is 1.05 bits per heavy atom. The molecule has 0 aliphatic rings. The molecule has 2 aromatic carbocycles. The molecule has 2 aromatic rings. The van der Waals surface area contributed by atoms with Crippen LogP contribution in [0.15, 0.2) is 36.4 Å². The van der Waals surface area contributed by atoms with Crippen molar-refractivity contribution in [2.75, 3.05) is 11.9 Å². The molecule has 2 heteroatoms. The molecular formula is C18H26N2. The van der Waals surface area contributed by atoms with Crippen molar-refractivity contribution in [3.05, 3.63) is 42.0 Å². The molecule has 0 spiro atoms. The summed E-state index contributed by atoms with van der Waals surface area (Å²) >= 11 is 0. The van der Waals surface area contributed by atoms with Crippen LogP contribution >= 0.6 is 0 Å². The summed E-state index contributed by atoms with van der Waals surface area (Å²) in [5, 5.41) is 2.55. The van der Waals surface area contributed by atoms with Crippen molar-refractivity contribution in [1.82, 2.24) is 0 Å². The molecule has 0 saturated carbocycles. The number of nitrogens with two attached hydrogens (primary N) is 1. The molecule has 0 saturated heterocycles. The Morgan fingerprint density at radius 3 is 2.20 bits per heavy atom. The lowest BCUT2D eigenvalue weighted by Gasteiger charge is -2.37. The Bertz CT molecular complexity index is 596. The van der Waals surface area contributed by atoms with Crippen LogP contribution in [-0.2, 0) is 6.54 Å². The summed E-state index contributed by atoms with van der Waals surface area (Å²) in [4.78, 5) is 2.38. The maximum Gasteiger partial charge on any atom is 0.0446 e. The first-order chi connectivity index (χ1) is 9.36. The maximum absolute atomic E-state index is 5.86. The molecule has 1 atom stereocenters. The SMILES string of the molecule is CC(N(C)c1ccc(CN)c2ccccc12)C(C)(C)C. The number of rotatable bonds is 3. The zero-order valence-corrected chi connectivity index (χ0v) is 13.3. The third-order valence-electron chi connectivity index (χ3n) is 4.43. The number of anilines is 1. The highest BCUT2D eigenvalue weighted by Gasteiger charge is 2.25. The van der Waals surface area contributed by atoms with Gasteiger partial charge in [-0.3, -0.25) is 0 Å². The first kappa shape index (κ1) is 14.9. The average Bonchev–Trinajstić information content (AvgIpc) is 2.43. The molecule has 0 aromatic heterocycles. The second kappa shape index (κ2) is 5.45. The molecule has 2 nitrogen and oxygen atoms in total. The molecule has 2 rings (SSSR count). The van der Waals surface area contributed by atoms with Crippen molar-refractivity contribution in [1.29, 1.82) is 0 Å². The summed E-state index contributed by atoms with van der Waals surface area (Å²) in [6, 6.07) is 13.3. The largest absolute Gasteiger partial charge is 0.371 e. The van der Waals surface area contributed by atoms with Crippen LogP contribution in [-0.4, -0.2) is 13.1 Å². The van der Waals surface area contributed by atoms with Gasteiger partial charge in [0.1, 0.15) is 0 Å². The van der Waals surface area contributed by atoms with Crippen LogP contribution in [0, 0.1) is 5.41 Å². The van der Waals surface area contributed by atoms with Gasteiger partial charge in [0.2, 0.25) is 0 Å². The van der Waals surface area contributed by atoms with Gasteiger partial charge < -0.3 is 10.6 Å². The average molecular weight is 270 g/mol. The van der Waals surface area contributed by atoms with E-state index in [2.05, 4.69) is 76.0 Å². The monoisotopic (exact) mass is 270 g/mol. The smallest absolute Gasteiger partial charge is 0.0446 e. The normalized spacial score (nSPS) is 13.5. The topological polar surface area (TPSA) is 29.3 Å². The van der Waals surface area contributed by atoms with Gasteiger partial charge in [0.05, 0.1) is 0 Å². The van der Waals surface area contributed by atoms with E-state index in [-0.39, 0.29) is 5.41 Å². The van der Waals surface area contributed by atoms with Gasteiger partial charge in [-0.1, -0.05) is 51.1 Å². The quantitative estimate of drug-likeness (QED) is 0.907. The van der Waals surface area contributed by atoms with Gasteiger partial charge in [-0.05, 0) is 29.4 Å². The van der Waals surface area contributed by atoms with Crippen LogP contribution in [0.5, 0.6) is 0 Å². The summed E-state index contributed by atoms with van der Waals surface area (Å²) in [6.45, 7) is 9.71. The standard InChI is InChI=1S/C18H26N2/c1-13(18(2,3)4)20(5)17-11-10-14(12-19)15-8-6-7-9-16(15)17/h6-11,13H,12,19H2,1-5H3. The molecule has 20 heavy (non-hydrogen) atoms. The Balaban J connectivity index is 2.56. The van der Waals surface area contributed by atoms with Crippen molar-refractivity contribution in [3.63, 3.8) is 0 Å². The van der Waals surface area contributed by atoms with E-state index in [9.17, 15) is 0 Å². The first-order valence-electron chi connectivity index (χ1n) is 7.29. The van der Waals surface area contributed by atoms with Gasteiger partial charge in [0.25, 0.3) is 0 Å². The number of fused-ring (bicyclic) bond motifs is 1. The molecule has 108 valence electrons. The maximum atomic E-state index is 5.86. The zero-order chi connectivity index (χ0) is 14.9. The number of benzene rings is 2. The molecule has 2 N–H and O–H groups in total. The Kier molecular flexibility index (Phi) is 4.05. The van der Waals surface area contributed by atoms with Crippen LogP contribution in [0.4, 0.5) is 5.69 Å². The van der Waals surface area contributed by atoms with Crippen LogP contribution in [0.25, 0.3) is 10.8 Å². The predicted molar refractivity (Wildman–Crippen MR) is 89.2 cm³/mol. The van der Waals surface area contributed by atoms with Crippen molar-refractivity contribution in [3.8, 4) is 0 Å². The highest BCUT2D eigenvalue weighted by atomic mass is 15.1. The molecule has 0 aliphatic heterocycles. The second-order valence-electron chi connectivity index (χ2n) is 6.65. The summed E-state index contributed by atoms with van der Waals surface area (Å²) in [7, 11) is 2.18. The van der Waals surface area contributed by atoms with Gasteiger partial charge in [-0.15, -0.1) is 0 Å². The minimum Gasteiger partial charge on any atom is -0.371 e. The van der Waals surface area contributed by atoms with Crippen LogP contribution in [0.2, 0.25) is 0 Å². The lowest BCUT2D eigenvalue weighted by molar-refractivity contribution is 0.330. The van der Waals surface area contributed by atoms with Crippen molar-refractivity contribution >= 4 is 16.5 Å². The van der Waals surface area contributed by atoms with E-state index < -0.39 is 0 Å². The van der Waals surface area contributed by atoms with E-state index in [4.69, 9.17) is 5.73 Å². The van der Waals surface area contributed by atoms with Gasteiger partial charge >= 0.3 is 0 Å². The van der Waals surface area contributed by atoms with E-state index in [0.717, 1.165) is 0 Å². The van der Waals surface area contributed by atoms with Crippen molar-refractivity contribution in [2.45, 2.75) is 40.3 Å². The Hall–Kier alpha value is -1.54. The van der Waals surface area contributed by atoms with E-state index in [0.29, 0.717) is 12.6 Å². The predicted octanol–water partition coefficient (Wildman–Crippen LogP) is 4.17. The highest BCUT2D eigenvalue weighted by Crippen LogP contribution is 2.33. The lowest BCUT2D eigenvalue weighted by Crippen LogP contribution is -2.39. The Morgan fingerprint density at radius 2 is 1.65 bits per heavy atom. The minimum absolute atomic E-state index is 0.238. The highest BCUT2D eigenvalue weighted by molar-refractivity contribution is 5.96. The third-order valence-corrected chi connectivity index (χ3v) is 4.43. The fraction of sp³-hybridized carbons (Fsp3) is 0.444. The van der Waals surface area contributed by atoms with Crippen molar-refractivity contribution in [2.24, 2.45) is 11.1 Å². The zero-order valence-electron chi connectivity index (χ0n) is 13.3. The summed E-state index contributed by atoms with van der Waals surface area (Å²) in [6.07, 6.45) is 0. The van der Waals surface area contributed by atoms with E-state index >= 15 is 0 Å². The fourth-order valence-corrected chi connectivity index (χ4v) is 2.62. The van der Waals surface area contributed by atoms with Gasteiger partial charge in [0.15, 0.2) is 0 Å². The molecule has 1 unspecified atom stereocenters. The van der Waals surface area contributed by atoms with E-state index in [1.807, 2.05) is 0 Å². The van der Waals surface area contributed by atoms with Crippen LogP contribution in [0.1, 0.15) is 33.3 Å². The van der Waals surface area contributed by atoms with Crippen LogP contribution in [0.3, 0.4) is 0 Å². The van der Waals surface area contributed by atoms with Crippen LogP contribution < -0.4 is 10.6 Å². The molecule has 0 amide bonds. The first-order valence-corrected chi connectivity index (χ1v) is 7.29. The van der Waals surface area contributed by atoms with E-state index in [1.165, 1.54) is 22.0 Å². The molecule has 0 fully saturated rings. The Labute approximate surface area is 122 Å². The molecule has 0 radical (unpaired) electrons. The molecule has 0 aliphatic carbocycles. The second-order valence-corrected chi connectivity index (χ2v) is 6.65. The summed E-state index contributed by atoms with van der Waals surface area (Å²) in [5.41, 5.74) is 8.58. The van der Waals surface area contributed by atoms with Gasteiger partial charge in [0, 0.05) is 30.7 Å². The van der Waals surface area contributed by atoms with Gasteiger partial charge in [-0.25, -0.2) is 0 Å². The summed E-state index contributed by atoms with van der Waals surface area (Å²) < 4.78 is 0. The minimum atomic E-state index is 0.238. The fourth-order valence-electron chi connectivity index (χ4n) is 2.62. The number of nitrogens with zero attached hydrogens (tertiary/aromatic N) is 1. The van der Waals surface area contributed by atoms with E-state index in [1.54, 1.807) is 0 Å². The number of hydrogen-bond acceptors (Lipinski definition) is 2. The summed E-state index contributed by atoms with van der Waals surface area (Å²) in [5.74, 6) is 0. The number of hydrogen-bond donors (Lipinski definition) is 1.